The first-order valence-corrected chi connectivity index (χ1v) is 3.85. The Kier molecular flexibility index (Phi) is 1.16. The maximum absolute atomic E-state index is 5.89. The Morgan fingerprint density at radius 2 is 2.09 bits per heavy atom. The Labute approximate surface area is 65.6 Å². The molecule has 2 rings (SSSR count). The van der Waals surface area contributed by atoms with Crippen LogP contribution in [0.5, 0.6) is 0 Å². The lowest BCUT2D eigenvalue weighted by Crippen LogP contribution is -2.18. The van der Waals surface area contributed by atoms with E-state index in [0.29, 0.717) is 5.89 Å². The third-order valence-electron chi connectivity index (χ3n) is 2.24. The van der Waals surface area contributed by atoms with Gasteiger partial charge in [-0.05, 0) is 26.7 Å². The summed E-state index contributed by atoms with van der Waals surface area (Å²) in [6.07, 6.45) is 2.01. The van der Waals surface area contributed by atoms with E-state index in [1.165, 1.54) is 0 Å². The van der Waals surface area contributed by atoms with Crippen LogP contribution in [0.2, 0.25) is 0 Å². The zero-order chi connectivity index (χ0) is 8.06. The molecule has 0 aliphatic heterocycles. The minimum atomic E-state index is -0.223. The summed E-state index contributed by atoms with van der Waals surface area (Å²) >= 11 is 0. The molecule has 3 heteroatoms. The minimum Gasteiger partial charge on any atom is -0.444 e. The summed E-state index contributed by atoms with van der Waals surface area (Å²) in [5, 5.41) is 0. The molecule has 0 amide bonds. The van der Waals surface area contributed by atoms with Crippen LogP contribution in [-0.4, -0.2) is 4.98 Å². The SMILES string of the molecule is Cc1nc(C2(N)CC2)oc1C. The summed E-state index contributed by atoms with van der Waals surface area (Å²) in [4.78, 5) is 4.25. The second-order valence-electron chi connectivity index (χ2n) is 3.32. The molecular weight excluding hydrogens is 140 g/mol. The van der Waals surface area contributed by atoms with Crippen LogP contribution in [0.4, 0.5) is 0 Å². The summed E-state index contributed by atoms with van der Waals surface area (Å²) < 4.78 is 5.41. The second-order valence-corrected chi connectivity index (χ2v) is 3.32. The summed E-state index contributed by atoms with van der Waals surface area (Å²) in [6, 6.07) is 0. The van der Waals surface area contributed by atoms with Crippen LogP contribution in [0.3, 0.4) is 0 Å². The molecule has 60 valence electrons. The van der Waals surface area contributed by atoms with E-state index in [9.17, 15) is 0 Å². The Morgan fingerprint density at radius 1 is 1.45 bits per heavy atom. The normalized spacial score (nSPS) is 20.3. The van der Waals surface area contributed by atoms with Crippen LogP contribution < -0.4 is 5.73 Å². The zero-order valence-electron chi connectivity index (χ0n) is 6.85. The number of aromatic nitrogens is 1. The topological polar surface area (TPSA) is 52.0 Å². The predicted molar refractivity (Wildman–Crippen MR) is 41.1 cm³/mol. The van der Waals surface area contributed by atoms with Crippen LogP contribution >= 0.6 is 0 Å². The number of aryl methyl sites for hydroxylation is 2. The van der Waals surface area contributed by atoms with Crippen molar-refractivity contribution < 1.29 is 4.42 Å². The van der Waals surface area contributed by atoms with Crippen molar-refractivity contribution in [2.24, 2.45) is 5.73 Å². The van der Waals surface area contributed by atoms with Crippen LogP contribution in [0.15, 0.2) is 4.42 Å². The quantitative estimate of drug-likeness (QED) is 0.658. The Bertz CT molecular complexity index is 267. The van der Waals surface area contributed by atoms with Crippen molar-refractivity contribution in [1.29, 1.82) is 0 Å². The van der Waals surface area contributed by atoms with Gasteiger partial charge in [-0.15, -0.1) is 0 Å². The minimum absolute atomic E-state index is 0.223. The molecule has 1 aliphatic rings. The Balaban J connectivity index is 2.39. The van der Waals surface area contributed by atoms with Gasteiger partial charge in [0.05, 0.1) is 11.2 Å². The van der Waals surface area contributed by atoms with E-state index < -0.39 is 0 Å². The highest BCUT2D eigenvalue weighted by Gasteiger charge is 2.44. The number of rotatable bonds is 1. The molecule has 1 aromatic rings. The fraction of sp³-hybridized carbons (Fsp3) is 0.625. The molecule has 1 saturated carbocycles. The molecule has 11 heavy (non-hydrogen) atoms. The zero-order valence-corrected chi connectivity index (χ0v) is 6.85. The fourth-order valence-electron chi connectivity index (χ4n) is 1.03. The summed E-state index contributed by atoms with van der Waals surface area (Å²) in [5.41, 5.74) is 6.63. The van der Waals surface area contributed by atoms with Crippen molar-refractivity contribution in [3.05, 3.63) is 17.3 Å². The maximum Gasteiger partial charge on any atom is 0.214 e. The van der Waals surface area contributed by atoms with E-state index in [-0.39, 0.29) is 5.54 Å². The van der Waals surface area contributed by atoms with Gasteiger partial charge in [-0.25, -0.2) is 4.98 Å². The molecule has 0 bridgehead atoms. The van der Waals surface area contributed by atoms with E-state index in [4.69, 9.17) is 10.2 Å². The average molecular weight is 152 g/mol. The third-order valence-corrected chi connectivity index (χ3v) is 2.24. The van der Waals surface area contributed by atoms with E-state index in [1.54, 1.807) is 0 Å². The maximum atomic E-state index is 5.89. The highest BCUT2D eigenvalue weighted by Crippen LogP contribution is 2.42. The lowest BCUT2D eigenvalue weighted by Gasteiger charge is -1.99. The van der Waals surface area contributed by atoms with Crippen molar-refractivity contribution in [3.8, 4) is 0 Å². The van der Waals surface area contributed by atoms with Gasteiger partial charge >= 0.3 is 0 Å². The highest BCUT2D eigenvalue weighted by atomic mass is 16.4. The molecule has 1 heterocycles. The molecule has 0 atom stereocenters. The van der Waals surface area contributed by atoms with Crippen molar-refractivity contribution in [3.63, 3.8) is 0 Å². The number of hydrogen-bond acceptors (Lipinski definition) is 3. The molecule has 0 radical (unpaired) electrons. The van der Waals surface area contributed by atoms with E-state index in [1.807, 2.05) is 13.8 Å². The fourth-order valence-corrected chi connectivity index (χ4v) is 1.03. The molecule has 1 aliphatic carbocycles. The van der Waals surface area contributed by atoms with Crippen molar-refractivity contribution in [2.45, 2.75) is 32.2 Å². The van der Waals surface area contributed by atoms with E-state index in [0.717, 1.165) is 24.3 Å². The van der Waals surface area contributed by atoms with Crippen molar-refractivity contribution >= 4 is 0 Å². The van der Waals surface area contributed by atoms with Crippen LogP contribution in [0, 0.1) is 13.8 Å². The van der Waals surface area contributed by atoms with Gasteiger partial charge < -0.3 is 10.2 Å². The lowest BCUT2D eigenvalue weighted by molar-refractivity contribution is 0.423. The van der Waals surface area contributed by atoms with Gasteiger partial charge in [0.2, 0.25) is 5.89 Å². The molecule has 2 N–H and O–H groups in total. The molecule has 0 aromatic carbocycles. The molecule has 0 saturated heterocycles. The number of oxazole rings is 1. The van der Waals surface area contributed by atoms with E-state index >= 15 is 0 Å². The molecule has 3 nitrogen and oxygen atoms in total. The molecule has 1 aromatic heterocycles. The van der Waals surface area contributed by atoms with Gasteiger partial charge in [0.1, 0.15) is 5.76 Å². The Hall–Kier alpha value is -0.830. The first kappa shape index (κ1) is 6.85. The van der Waals surface area contributed by atoms with Crippen molar-refractivity contribution in [2.75, 3.05) is 0 Å². The van der Waals surface area contributed by atoms with Crippen molar-refractivity contribution in [1.82, 2.24) is 4.98 Å². The molecule has 1 fully saturated rings. The van der Waals surface area contributed by atoms with Gasteiger partial charge in [-0.3, -0.25) is 0 Å². The monoisotopic (exact) mass is 152 g/mol. The van der Waals surface area contributed by atoms with Gasteiger partial charge in [-0.1, -0.05) is 0 Å². The highest BCUT2D eigenvalue weighted by molar-refractivity contribution is 5.16. The first-order chi connectivity index (χ1) is 5.12. The largest absolute Gasteiger partial charge is 0.444 e. The summed E-state index contributed by atoms with van der Waals surface area (Å²) in [6.45, 7) is 3.85. The van der Waals surface area contributed by atoms with Crippen LogP contribution in [-0.2, 0) is 5.54 Å². The summed E-state index contributed by atoms with van der Waals surface area (Å²) in [7, 11) is 0. The molecule has 0 unspecified atom stereocenters. The van der Waals surface area contributed by atoms with E-state index in [2.05, 4.69) is 4.98 Å². The van der Waals surface area contributed by atoms with Crippen LogP contribution in [0.1, 0.15) is 30.2 Å². The first-order valence-electron chi connectivity index (χ1n) is 3.85. The number of hydrogen-bond donors (Lipinski definition) is 1. The average Bonchev–Trinajstić information content (AvgIpc) is 2.59. The second kappa shape index (κ2) is 1.85. The number of nitrogens with two attached hydrogens (primary N) is 1. The predicted octanol–water partition coefficient (Wildman–Crippen LogP) is 1.24. The lowest BCUT2D eigenvalue weighted by atomic mass is 10.3. The van der Waals surface area contributed by atoms with Gasteiger partial charge in [0, 0.05) is 0 Å². The van der Waals surface area contributed by atoms with Crippen LogP contribution in [0.25, 0.3) is 0 Å². The Morgan fingerprint density at radius 3 is 2.45 bits per heavy atom. The number of nitrogens with zero attached hydrogens (tertiary/aromatic N) is 1. The molecule has 0 spiro atoms. The van der Waals surface area contributed by atoms with Gasteiger partial charge in [-0.2, -0.15) is 0 Å². The van der Waals surface area contributed by atoms with Gasteiger partial charge in [0.25, 0.3) is 0 Å². The standard InChI is InChI=1S/C8H12N2O/c1-5-6(2)11-7(10-5)8(9)3-4-8/h3-4,9H2,1-2H3. The third kappa shape index (κ3) is 0.959. The molecular formula is C8H12N2O. The smallest absolute Gasteiger partial charge is 0.214 e. The van der Waals surface area contributed by atoms with Gasteiger partial charge in [0.15, 0.2) is 0 Å². The summed E-state index contributed by atoms with van der Waals surface area (Å²) in [5.74, 6) is 1.60.